The Morgan fingerprint density at radius 2 is 1.90 bits per heavy atom. The fourth-order valence-corrected chi connectivity index (χ4v) is 3.46. The summed E-state index contributed by atoms with van der Waals surface area (Å²) in [7, 11) is 0. The third kappa shape index (κ3) is 3.53. The molecular weight excluding hydrogens is 252 g/mol. The van der Waals surface area contributed by atoms with E-state index in [-0.39, 0.29) is 23.8 Å². The molecule has 114 valence electrons. The standard InChI is InChI=1S/C16H28N2O2/c1-3-13(4-2)17-16(20)12-10-15(19)18(11-12)14-8-6-5-7-9-14/h12-14H,3-11H2,1-2H3,(H,17,20). The van der Waals surface area contributed by atoms with Crippen molar-refractivity contribution >= 4 is 11.8 Å². The summed E-state index contributed by atoms with van der Waals surface area (Å²) in [5.41, 5.74) is 0. The zero-order valence-electron chi connectivity index (χ0n) is 12.9. The topological polar surface area (TPSA) is 49.4 Å². The van der Waals surface area contributed by atoms with Crippen molar-refractivity contribution in [3.05, 3.63) is 0 Å². The number of carbonyl (C=O) groups is 2. The third-order valence-electron chi connectivity index (χ3n) is 4.88. The molecule has 1 saturated carbocycles. The summed E-state index contributed by atoms with van der Waals surface area (Å²) in [5, 5.41) is 3.08. The molecule has 0 aromatic carbocycles. The summed E-state index contributed by atoms with van der Waals surface area (Å²) in [6.45, 7) is 4.81. The first-order valence-corrected chi connectivity index (χ1v) is 8.25. The quantitative estimate of drug-likeness (QED) is 0.841. The van der Waals surface area contributed by atoms with Crippen LogP contribution in [0.2, 0.25) is 0 Å². The van der Waals surface area contributed by atoms with Gasteiger partial charge in [-0.2, -0.15) is 0 Å². The maximum absolute atomic E-state index is 12.3. The fraction of sp³-hybridized carbons (Fsp3) is 0.875. The summed E-state index contributed by atoms with van der Waals surface area (Å²) in [5.74, 6) is 0.122. The van der Waals surface area contributed by atoms with Gasteiger partial charge in [0.1, 0.15) is 0 Å². The molecule has 20 heavy (non-hydrogen) atoms. The summed E-state index contributed by atoms with van der Waals surface area (Å²) in [6.07, 6.45) is 8.28. The van der Waals surface area contributed by atoms with Crippen molar-refractivity contribution in [2.45, 2.75) is 77.3 Å². The summed E-state index contributed by atoms with van der Waals surface area (Å²) in [4.78, 5) is 26.4. The first-order valence-electron chi connectivity index (χ1n) is 8.25. The summed E-state index contributed by atoms with van der Waals surface area (Å²) >= 11 is 0. The van der Waals surface area contributed by atoms with E-state index in [1.807, 2.05) is 4.90 Å². The maximum atomic E-state index is 12.3. The highest BCUT2D eigenvalue weighted by molar-refractivity contribution is 5.89. The van der Waals surface area contributed by atoms with E-state index in [1.54, 1.807) is 0 Å². The van der Waals surface area contributed by atoms with Crippen molar-refractivity contribution in [2.24, 2.45) is 5.92 Å². The molecule has 1 aliphatic heterocycles. The minimum atomic E-state index is -0.134. The normalized spacial score (nSPS) is 24.4. The number of nitrogens with zero attached hydrogens (tertiary/aromatic N) is 1. The van der Waals surface area contributed by atoms with Gasteiger partial charge in [0.25, 0.3) is 0 Å². The molecule has 4 nitrogen and oxygen atoms in total. The van der Waals surface area contributed by atoms with E-state index in [4.69, 9.17) is 0 Å². The van der Waals surface area contributed by atoms with Crippen LogP contribution in [0.1, 0.15) is 65.2 Å². The molecule has 1 heterocycles. The fourth-order valence-electron chi connectivity index (χ4n) is 3.46. The van der Waals surface area contributed by atoms with E-state index in [1.165, 1.54) is 19.3 Å². The highest BCUT2D eigenvalue weighted by Crippen LogP contribution is 2.28. The largest absolute Gasteiger partial charge is 0.353 e. The van der Waals surface area contributed by atoms with Crippen molar-refractivity contribution < 1.29 is 9.59 Å². The molecule has 0 bridgehead atoms. The van der Waals surface area contributed by atoms with Crippen molar-refractivity contribution in [3.8, 4) is 0 Å². The Morgan fingerprint density at radius 3 is 2.50 bits per heavy atom. The summed E-state index contributed by atoms with van der Waals surface area (Å²) < 4.78 is 0. The predicted molar refractivity (Wildman–Crippen MR) is 79.2 cm³/mol. The number of hydrogen-bond donors (Lipinski definition) is 1. The van der Waals surface area contributed by atoms with Crippen LogP contribution in [0, 0.1) is 5.92 Å². The van der Waals surface area contributed by atoms with Crippen LogP contribution in [-0.2, 0) is 9.59 Å². The van der Waals surface area contributed by atoms with Gasteiger partial charge in [-0.25, -0.2) is 0 Å². The second-order valence-electron chi connectivity index (χ2n) is 6.26. The number of carbonyl (C=O) groups excluding carboxylic acids is 2. The van der Waals surface area contributed by atoms with Crippen LogP contribution >= 0.6 is 0 Å². The lowest BCUT2D eigenvalue weighted by molar-refractivity contribution is -0.130. The lowest BCUT2D eigenvalue weighted by Crippen LogP contribution is -2.41. The van der Waals surface area contributed by atoms with E-state index < -0.39 is 0 Å². The lowest BCUT2D eigenvalue weighted by Gasteiger charge is -2.31. The highest BCUT2D eigenvalue weighted by atomic mass is 16.2. The van der Waals surface area contributed by atoms with E-state index in [2.05, 4.69) is 19.2 Å². The van der Waals surface area contributed by atoms with Crippen molar-refractivity contribution in [1.82, 2.24) is 10.2 Å². The molecule has 1 saturated heterocycles. The molecule has 1 atom stereocenters. The third-order valence-corrected chi connectivity index (χ3v) is 4.88. The Labute approximate surface area is 122 Å². The molecular formula is C16H28N2O2. The smallest absolute Gasteiger partial charge is 0.225 e. The van der Waals surface area contributed by atoms with Gasteiger partial charge in [0, 0.05) is 25.0 Å². The Bertz CT molecular complexity index is 346. The Balaban J connectivity index is 1.89. The molecule has 0 radical (unpaired) electrons. The number of likely N-dealkylation sites (tertiary alicyclic amines) is 1. The molecule has 2 rings (SSSR count). The van der Waals surface area contributed by atoms with E-state index in [0.717, 1.165) is 25.7 Å². The number of nitrogens with one attached hydrogen (secondary N) is 1. The molecule has 4 heteroatoms. The van der Waals surface area contributed by atoms with Gasteiger partial charge in [-0.05, 0) is 25.7 Å². The first-order chi connectivity index (χ1) is 9.65. The van der Waals surface area contributed by atoms with Gasteiger partial charge in [0.05, 0.1) is 5.92 Å². The van der Waals surface area contributed by atoms with Crippen LogP contribution in [0.5, 0.6) is 0 Å². The average molecular weight is 280 g/mol. The molecule has 0 aromatic rings. The van der Waals surface area contributed by atoms with Gasteiger partial charge in [-0.3, -0.25) is 9.59 Å². The van der Waals surface area contributed by atoms with Crippen molar-refractivity contribution in [1.29, 1.82) is 0 Å². The Hall–Kier alpha value is -1.06. The number of rotatable bonds is 5. The summed E-state index contributed by atoms with van der Waals surface area (Å²) in [6, 6.07) is 0.642. The van der Waals surface area contributed by atoms with Crippen LogP contribution < -0.4 is 5.32 Å². The van der Waals surface area contributed by atoms with Gasteiger partial charge in [-0.1, -0.05) is 33.1 Å². The van der Waals surface area contributed by atoms with Gasteiger partial charge < -0.3 is 10.2 Å². The highest BCUT2D eigenvalue weighted by Gasteiger charge is 2.38. The maximum Gasteiger partial charge on any atom is 0.225 e. The molecule has 0 aromatic heterocycles. The van der Waals surface area contributed by atoms with Crippen LogP contribution in [0.4, 0.5) is 0 Å². The number of amides is 2. The molecule has 1 N–H and O–H groups in total. The zero-order valence-corrected chi connectivity index (χ0v) is 12.9. The lowest BCUT2D eigenvalue weighted by atomic mass is 9.94. The van der Waals surface area contributed by atoms with Gasteiger partial charge >= 0.3 is 0 Å². The molecule has 2 amide bonds. The predicted octanol–water partition coefficient (Wildman–Crippen LogP) is 2.47. The molecule has 1 aliphatic carbocycles. The Morgan fingerprint density at radius 1 is 1.25 bits per heavy atom. The van der Waals surface area contributed by atoms with Gasteiger partial charge in [0.15, 0.2) is 0 Å². The van der Waals surface area contributed by atoms with Crippen LogP contribution in [0.25, 0.3) is 0 Å². The van der Waals surface area contributed by atoms with Crippen LogP contribution in [0.15, 0.2) is 0 Å². The van der Waals surface area contributed by atoms with Gasteiger partial charge in [-0.15, -0.1) is 0 Å². The zero-order chi connectivity index (χ0) is 14.5. The van der Waals surface area contributed by atoms with E-state index in [9.17, 15) is 9.59 Å². The monoisotopic (exact) mass is 280 g/mol. The Kier molecular flexibility index (Phi) is 5.44. The second-order valence-corrected chi connectivity index (χ2v) is 6.26. The molecule has 0 spiro atoms. The number of hydrogen-bond acceptors (Lipinski definition) is 2. The van der Waals surface area contributed by atoms with Crippen molar-refractivity contribution in [2.75, 3.05) is 6.54 Å². The molecule has 1 unspecified atom stereocenters. The first kappa shape index (κ1) is 15.3. The van der Waals surface area contributed by atoms with Crippen molar-refractivity contribution in [3.63, 3.8) is 0 Å². The van der Waals surface area contributed by atoms with Crippen LogP contribution in [-0.4, -0.2) is 35.3 Å². The average Bonchev–Trinajstić information content (AvgIpc) is 2.87. The molecule has 2 fully saturated rings. The van der Waals surface area contributed by atoms with Gasteiger partial charge in [0.2, 0.25) is 11.8 Å². The van der Waals surface area contributed by atoms with Crippen LogP contribution in [0.3, 0.4) is 0 Å². The molecule has 2 aliphatic rings. The minimum absolute atomic E-state index is 0.0744. The van der Waals surface area contributed by atoms with E-state index in [0.29, 0.717) is 19.0 Å². The van der Waals surface area contributed by atoms with E-state index >= 15 is 0 Å². The second kappa shape index (κ2) is 7.09. The SMILES string of the molecule is CCC(CC)NC(=O)C1CC(=O)N(C2CCCCC2)C1. The minimum Gasteiger partial charge on any atom is -0.353 e.